The van der Waals surface area contributed by atoms with E-state index in [1.54, 1.807) is 6.07 Å². The summed E-state index contributed by atoms with van der Waals surface area (Å²) in [5, 5.41) is 1.03. The van der Waals surface area contributed by atoms with Crippen LogP contribution in [0.3, 0.4) is 0 Å². The predicted molar refractivity (Wildman–Crippen MR) is 53.0 cm³/mol. The molecule has 0 atom stereocenters. The molecule has 0 radical (unpaired) electrons. The Kier molecular flexibility index (Phi) is 2.07. The van der Waals surface area contributed by atoms with Crippen molar-refractivity contribution in [3.05, 3.63) is 36.0 Å². The summed E-state index contributed by atoms with van der Waals surface area (Å²) in [5.41, 5.74) is 1.76. The number of halogens is 1. The van der Waals surface area contributed by atoms with Gasteiger partial charge in [-0.05, 0) is 19.1 Å². The Morgan fingerprint density at radius 1 is 1.23 bits per heavy atom. The molecule has 2 aromatic rings. The minimum absolute atomic E-state index is 0.600. The third-order valence-corrected chi connectivity index (χ3v) is 2.07. The average molecular weight is 194 g/mol. The minimum Gasteiger partial charge on any atom is -0.383 e. The van der Waals surface area contributed by atoms with E-state index in [1.165, 1.54) is 0 Å². The number of hydrogen-bond donors (Lipinski definition) is 0. The molecule has 0 aliphatic rings. The fourth-order valence-electron chi connectivity index (χ4n) is 1.28. The smallest absolute Gasteiger partial charge is 0.172 e. The van der Waals surface area contributed by atoms with Crippen LogP contribution in [0, 0.1) is 6.92 Å². The van der Waals surface area contributed by atoms with Crippen molar-refractivity contribution in [2.45, 2.75) is 6.92 Å². The number of nitrogens with zero attached hydrogens (tertiary/aromatic N) is 1. The summed E-state index contributed by atoms with van der Waals surface area (Å²) >= 11 is 5.32. The molecule has 0 aliphatic heterocycles. The fraction of sp³-hybridized carbons (Fsp3) is 0.100. The Labute approximate surface area is 81.3 Å². The molecular formula is C10H8ClNO. The van der Waals surface area contributed by atoms with Gasteiger partial charge in [-0.2, -0.15) is 0 Å². The van der Waals surface area contributed by atoms with Gasteiger partial charge in [0.1, 0.15) is 17.4 Å². The number of pyridine rings is 1. The van der Waals surface area contributed by atoms with Crippen LogP contribution in [0.2, 0.25) is 0 Å². The lowest BCUT2D eigenvalue weighted by Crippen LogP contribution is -1.85. The largest absolute Gasteiger partial charge is 0.383 e. The predicted octanol–water partition coefficient (Wildman–Crippen LogP) is 3.08. The van der Waals surface area contributed by atoms with E-state index in [-0.39, 0.29) is 0 Å². The van der Waals surface area contributed by atoms with E-state index < -0.39 is 0 Å². The summed E-state index contributed by atoms with van der Waals surface area (Å²) in [6, 6.07) is 9.61. The van der Waals surface area contributed by atoms with Crippen molar-refractivity contribution >= 4 is 22.8 Å². The maximum atomic E-state index is 5.32. The van der Waals surface area contributed by atoms with Crippen LogP contribution < -0.4 is 4.29 Å². The molecule has 0 amide bonds. The van der Waals surface area contributed by atoms with Crippen molar-refractivity contribution in [2.75, 3.05) is 0 Å². The minimum atomic E-state index is 0.600. The van der Waals surface area contributed by atoms with Gasteiger partial charge in [0, 0.05) is 11.1 Å². The van der Waals surface area contributed by atoms with E-state index >= 15 is 0 Å². The molecule has 0 saturated carbocycles. The second-order valence-corrected chi connectivity index (χ2v) is 3.01. The molecule has 1 heterocycles. The van der Waals surface area contributed by atoms with Gasteiger partial charge in [-0.25, -0.2) is 4.98 Å². The Morgan fingerprint density at radius 3 is 2.85 bits per heavy atom. The monoisotopic (exact) mass is 193 g/mol. The van der Waals surface area contributed by atoms with Crippen molar-refractivity contribution < 1.29 is 4.29 Å². The summed E-state index contributed by atoms with van der Waals surface area (Å²) in [5.74, 6) is 0.600. The summed E-state index contributed by atoms with van der Waals surface area (Å²) < 4.78 is 4.69. The topological polar surface area (TPSA) is 22.1 Å². The number of para-hydroxylation sites is 1. The Balaban J connectivity index is 2.79. The third-order valence-electron chi connectivity index (χ3n) is 1.91. The maximum Gasteiger partial charge on any atom is 0.172 e. The molecule has 3 heteroatoms. The lowest BCUT2D eigenvalue weighted by atomic mass is 10.2. The highest BCUT2D eigenvalue weighted by molar-refractivity contribution is 6.10. The second kappa shape index (κ2) is 3.23. The van der Waals surface area contributed by atoms with Gasteiger partial charge >= 0.3 is 0 Å². The van der Waals surface area contributed by atoms with E-state index in [9.17, 15) is 0 Å². The zero-order valence-corrected chi connectivity index (χ0v) is 7.88. The lowest BCUT2D eigenvalue weighted by Gasteiger charge is -2.02. The molecule has 0 bridgehead atoms. The molecule has 66 valence electrons. The molecule has 2 rings (SSSR count). The summed E-state index contributed by atoms with van der Waals surface area (Å²) in [7, 11) is 0. The van der Waals surface area contributed by atoms with E-state index in [1.807, 2.05) is 31.2 Å². The van der Waals surface area contributed by atoms with Crippen molar-refractivity contribution in [2.24, 2.45) is 0 Å². The number of aryl methyl sites for hydroxylation is 1. The molecule has 0 saturated heterocycles. The first kappa shape index (κ1) is 8.32. The van der Waals surface area contributed by atoms with Gasteiger partial charge in [-0.1, -0.05) is 18.2 Å². The van der Waals surface area contributed by atoms with Gasteiger partial charge in [0.25, 0.3) is 0 Å². The molecule has 0 unspecified atom stereocenters. The third kappa shape index (κ3) is 1.45. The molecule has 1 aromatic heterocycles. The zero-order valence-electron chi connectivity index (χ0n) is 7.12. The van der Waals surface area contributed by atoms with Crippen LogP contribution in [0.25, 0.3) is 10.9 Å². The van der Waals surface area contributed by atoms with E-state index in [2.05, 4.69) is 4.98 Å². The second-order valence-electron chi connectivity index (χ2n) is 2.86. The molecule has 13 heavy (non-hydrogen) atoms. The maximum absolute atomic E-state index is 5.32. The SMILES string of the molecule is Cc1ccc2cccc(OCl)c2n1. The summed E-state index contributed by atoms with van der Waals surface area (Å²) in [6.45, 7) is 1.93. The first-order valence-corrected chi connectivity index (χ1v) is 4.27. The molecule has 1 aromatic carbocycles. The van der Waals surface area contributed by atoms with Crippen LogP contribution in [-0.2, 0) is 0 Å². The highest BCUT2D eigenvalue weighted by Crippen LogP contribution is 2.24. The molecule has 0 aliphatic carbocycles. The molecule has 0 N–H and O–H groups in total. The van der Waals surface area contributed by atoms with Gasteiger partial charge in [-0.3, -0.25) is 0 Å². The van der Waals surface area contributed by atoms with Crippen LogP contribution >= 0.6 is 11.9 Å². The fourth-order valence-corrected chi connectivity index (χ4v) is 1.40. The van der Waals surface area contributed by atoms with Gasteiger partial charge in [0.05, 0.1) is 0 Å². The molecular weight excluding hydrogens is 186 g/mol. The standard InChI is InChI=1S/C10H8ClNO/c1-7-5-6-8-3-2-4-9(13-11)10(8)12-7/h2-6H,1H3. The Bertz CT molecular complexity index is 442. The number of fused-ring (bicyclic) bond motifs is 1. The summed E-state index contributed by atoms with van der Waals surface area (Å²) in [4.78, 5) is 4.34. The Hall–Kier alpha value is -1.28. The highest BCUT2D eigenvalue weighted by Gasteiger charge is 2.02. The van der Waals surface area contributed by atoms with Crippen molar-refractivity contribution in [3.8, 4) is 5.75 Å². The average Bonchev–Trinajstić information content (AvgIpc) is 2.17. The normalized spacial score (nSPS) is 10.3. The molecule has 0 spiro atoms. The van der Waals surface area contributed by atoms with Gasteiger partial charge in [0.2, 0.25) is 0 Å². The van der Waals surface area contributed by atoms with E-state index in [0.717, 1.165) is 16.6 Å². The first-order chi connectivity index (χ1) is 6.31. The number of rotatable bonds is 1. The van der Waals surface area contributed by atoms with Crippen LogP contribution in [0.5, 0.6) is 5.75 Å². The zero-order chi connectivity index (χ0) is 9.26. The van der Waals surface area contributed by atoms with Crippen molar-refractivity contribution in [1.82, 2.24) is 4.98 Å². The number of hydrogen-bond acceptors (Lipinski definition) is 2. The van der Waals surface area contributed by atoms with Crippen molar-refractivity contribution in [3.63, 3.8) is 0 Å². The summed E-state index contributed by atoms with van der Waals surface area (Å²) in [6.07, 6.45) is 0. The van der Waals surface area contributed by atoms with Gasteiger partial charge in [-0.15, -0.1) is 0 Å². The van der Waals surface area contributed by atoms with Crippen LogP contribution in [0.4, 0.5) is 0 Å². The van der Waals surface area contributed by atoms with E-state index in [0.29, 0.717) is 5.75 Å². The van der Waals surface area contributed by atoms with Crippen molar-refractivity contribution in [1.29, 1.82) is 0 Å². The quantitative estimate of drug-likeness (QED) is 0.695. The number of benzene rings is 1. The number of aromatic nitrogens is 1. The van der Waals surface area contributed by atoms with E-state index in [4.69, 9.17) is 16.2 Å². The van der Waals surface area contributed by atoms with Crippen LogP contribution in [-0.4, -0.2) is 4.98 Å². The lowest BCUT2D eigenvalue weighted by molar-refractivity contribution is 0.625. The van der Waals surface area contributed by atoms with Gasteiger partial charge in [0.15, 0.2) is 5.75 Å². The molecule has 0 fully saturated rings. The van der Waals surface area contributed by atoms with Crippen LogP contribution in [0.1, 0.15) is 5.69 Å². The molecule has 2 nitrogen and oxygen atoms in total. The highest BCUT2D eigenvalue weighted by atomic mass is 35.5. The first-order valence-electron chi connectivity index (χ1n) is 3.96. The van der Waals surface area contributed by atoms with Gasteiger partial charge < -0.3 is 4.29 Å². The Morgan fingerprint density at radius 2 is 2.08 bits per heavy atom. The van der Waals surface area contributed by atoms with Crippen LogP contribution in [0.15, 0.2) is 30.3 Å².